The van der Waals surface area contributed by atoms with E-state index in [1.54, 1.807) is 16.3 Å². The van der Waals surface area contributed by atoms with Crippen LogP contribution >= 0.6 is 17.8 Å². The molecule has 1 aliphatic rings. The number of carbonyl (C=O) groups excluding carboxylic acids is 1. The van der Waals surface area contributed by atoms with E-state index in [1.807, 2.05) is 13.8 Å². The van der Waals surface area contributed by atoms with Gasteiger partial charge in [-0.2, -0.15) is 0 Å². The van der Waals surface area contributed by atoms with Crippen LogP contribution in [0, 0.1) is 11.8 Å². The van der Waals surface area contributed by atoms with Crippen LogP contribution in [0.3, 0.4) is 0 Å². The number of carbonyl (C=O) groups is 1. The number of hydrogen-bond donors (Lipinski definition) is 0. The van der Waals surface area contributed by atoms with E-state index in [0.29, 0.717) is 6.89 Å². The molecular formula is C14H24B2F3NO5P2. The second-order valence-corrected chi connectivity index (χ2v) is 8.18. The Morgan fingerprint density at radius 1 is 1.44 bits per heavy atom. The first-order valence-corrected chi connectivity index (χ1v) is 10.4. The molecule has 152 valence electrons. The zero-order valence-corrected chi connectivity index (χ0v) is 17.8. The van der Waals surface area contributed by atoms with Gasteiger partial charge in [-0.3, -0.25) is 0 Å². The molecule has 5 unspecified atom stereocenters. The summed E-state index contributed by atoms with van der Waals surface area (Å²) < 4.78 is 69.2. The first-order chi connectivity index (χ1) is 12.6. The normalized spacial score (nSPS) is 30.7. The number of alkyl halides is 3. The van der Waals surface area contributed by atoms with E-state index in [-0.39, 0.29) is 26.0 Å². The van der Waals surface area contributed by atoms with Gasteiger partial charge in [0.15, 0.2) is 0 Å². The van der Waals surface area contributed by atoms with Gasteiger partial charge in [0.2, 0.25) is 0 Å². The van der Waals surface area contributed by atoms with Crippen molar-refractivity contribution in [2.24, 2.45) is 16.6 Å². The van der Waals surface area contributed by atoms with Gasteiger partial charge in [-0.05, 0) is 0 Å². The molecule has 0 aromatic heterocycles. The van der Waals surface area contributed by atoms with Crippen LogP contribution in [0.2, 0.25) is 0 Å². The molecule has 0 amide bonds. The number of hydrogen-bond acceptors (Lipinski definition) is 6. The van der Waals surface area contributed by atoms with Crippen LogP contribution in [0.5, 0.6) is 0 Å². The topological polar surface area (TPSA) is 74.2 Å². The molecule has 0 N–H and O–H groups in total. The van der Waals surface area contributed by atoms with Crippen molar-refractivity contribution in [3.05, 3.63) is 0 Å². The molecule has 0 aromatic carbocycles. The molecule has 1 aliphatic heterocycles. The fourth-order valence-corrected chi connectivity index (χ4v) is 4.78. The number of ether oxygens (including phenoxy) is 3. The minimum absolute atomic E-state index is 0.0169. The average molecular weight is 427 g/mol. The van der Waals surface area contributed by atoms with Crippen molar-refractivity contribution in [3.8, 4) is 0 Å². The predicted molar refractivity (Wildman–Crippen MR) is 103 cm³/mol. The molecule has 13 heteroatoms. The summed E-state index contributed by atoms with van der Waals surface area (Å²) in [5.41, 5.74) is -0.142. The van der Waals surface area contributed by atoms with Gasteiger partial charge in [0.1, 0.15) is 0 Å². The first-order valence-electron chi connectivity index (χ1n) is 8.58. The van der Waals surface area contributed by atoms with Gasteiger partial charge in [-0.25, -0.2) is 0 Å². The standard InChI is InChI=1S/C14H24B2F3NO5P2/c1-5-6(2)9-11(27-16-15-22)7(3)10(23-8(4)21)12(24-9)25-13(20-26)14(17,18)19/h6-7,9-12,16,27H,5,26H2,1-4H3/b20-13-/t6-,7+,9?,10?,11-,12?/m0/s1. The van der Waals surface area contributed by atoms with Crippen LogP contribution in [-0.4, -0.2) is 56.1 Å². The van der Waals surface area contributed by atoms with Gasteiger partial charge in [-0.15, -0.1) is 0 Å². The number of nitrogens with zero attached hydrogens (tertiary/aromatic N) is 1. The summed E-state index contributed by atoms with van der Waals surface area (Å²) in [5, 5.41) is 0. The van der Waals surface area contributed by atoms with E-state index < -0.39 is 36.5 Å². The van der Waals surface area contributed by atoms with Gasteiger partial charge >= 0.3 is 162 Å². The molecule has 1 rings (SSSR count). The molecule has 1 fully saturated rings. The number of rotatable bonds is 7. The Labute approximate surface area is 162 Å². The van der Waals surface area contributed by atoms with E-state index in [9.17, 15) is 22.7 Å². The summed E-state index contributed by atoms with van der Waals surface area (Å²) in [6, 6.07) is 0. The third-order valence-electron chi connectivity index (χ3n) is 4.53. The summed E-state index contributed by atoms with van der Waals surface area (Å²) in [6.45, 7) is 7.12. The van der Waals surface area contributed by atoms with E-state index in [1.165, 1.54) is 6.92 Å². The fourth-order valence-electron chi connectivity index (χ4n) is 3.00. The third kappa shape index (κ3) is 6.79. The molecule has 1 heterocycles. The summed E-state index contributed by atoms with van der Waals surface area (Å²) in [6.07, 6.45) is -7.00. The number of halogens is 3. The molecule has 0 saturated carbocycles. The van der Waals surface area contributed by atoms with Crippen LogP contribution in [0.15, 0.2) is 4.76 Å². The Hall–Kier alpha value is -0.520. The van der Waals surface area contributed by atoms with Crippen molar-refractivity contribution < 1.29 is 36.9 Å². The van der Waals surface area contributed by atoms with Crippen LogP contribution < -0.4 is 0 Å². The van der Waals surface area contributed by atoms with Crippen LogP contribution in [0.4, 0.5) is 13.2 Å². The monoisotopic (exact) mass is 427 g/mol. The third-order valence-corrected chi connectivity index (χ3v) is 6.49. The Bertz CT molecular complexity index is 555. The first kappa shape index (κ1) is 24.5. The van der Waals surface area contributed by atoms with E-state index >= 15 is 0 Å². The van der Waals surface area contributed by atoms with Gasteiger partial charge in [-0.1, -0.05) is 0 Å². The summed E-state index contributed by atoms with van der Waals surface area (Å²) in [4.78, 5) is 11.5. The summed E-state index contributed by atoms with van der Waals surface area (Å²) >= 11 is 0. The zero-order valence-electron chi connectivity index (χ0n) is 15.7. The Kier molecular flexibility index (Phi) is 9.87. The van der Waals surface area contributed by atoms with Crippen molar-refractivity contribution >= 4 is 43.6 Å². The maximum atomic E-state index is 13.1. The van der Waals surface area contributed by atoms with Crippen molar-refractivity contribution in [1.82, 2.24) is 0 Å². The van der Waals surface area contributed by atoms with E-state index in [0.717, 1.165) is 13.5 Å². The zero-order chi connectivity index (χ0) is 20.8. The Morgan fingerprint density at radius 2 is 2.07 bits per heavy atom. The van der Waals surface area contributed by atoms with Gasteiger partial charge in [0.05, 0.1) is 0 Å². The van der Waals surface area contributed by atoms with Gasteiger partial charge in [0.25, 0.3) is 0 Å². The van der Waals surface area contributed by atoms with E-state index in [2.05, 4.69) is 4.76 Å². The summed E-state index contributed by atoms with van der Waals surface area (Å²) in [7, 11) is 2.60. The van der Waals surface area contributed by atoms with Crippen molar-refractivity contribution in [2.75, 3.05) is 0 Å². The molecule has 1 saturated heterocycles. The predicted octanol–water partition coefficient (Wildman–Crippen LogP) is 2.46. The van der Waals surface area contributed by atoms with Crippen LogP contribution in [0.25, 0.3) is 0 Å². The molecule has 0 bridgehead atoms. The Morgan fingerprint density at radius 3 is 2.52 bits per heavy atom. The van der Waals surface area contributed by atoms with Gasteiger partial charge < -0.3 is 0 Å². The molecule has 6 nitrogen and oxygen atoms in total. The molecule has 27 heavy (non-hydrogen) atoms. The molecule has 0 aromatic rings. The molecule has 0 radical (unpaired) electrons. The second kappa shape index (κ2) is 10.9. The fraction of sp³-hybridized carbons (Fsp3) is 0.857. The van der Waals surface area contributed by atoms with Crippen LogP contribution in [-0.2, 0) is 23.7 Å². The van der Waals surface area contributed by atoms with Crippen LogP contribution in [0.1, 0.15) is 34.1 Å². The second-order valence-electron chi connectivity index (χ2n) is 6.44. The molecule has 0 spiro atoms. The SMILES string of the molecule is CC[C@H](C)C1OC(O/C(=N\P)C(F)(F)F)C(OC(C)=O)[C@@H](C)[C@@H]1PBB=O. The molecular weight excluding hydrogens is 403 g/mol. The van der Waals surface area contributed by atoms with E-state index in [4.69, 9.17) is 14.2 Å². The number of esters is 1. The van der Waals surface area contributed by atoms with Crippen molar-refractivity contribution in [3.63, 3.8) is 0 Å². The Balaban J connectivity index is 3.21. The maximum absolute atomic E-state index is 13.1. The average Bonchev–Trinajstić information content (AvgIpc) is 2.58. The van der Waals surface area contributed by atoms with Gasteiger partial charge in [0, 0.05) is 0 Å². The van der Waals surface area contributed by atoms with Crippen molar-refractivity contribution in [2.45, 2.75) is 64.4 Å². The van der Waals surface area contributed by atoms with Crippen molar-refractivity contribution in [1.29, 1.82) is 0 Å². The molecule has 8 atom stereocenters. The minimum atomic E-state index is -4.81. The quantitative estimate of drug-likeness (QED) is 0.205. The molecule has 0 aliphatic carbocycles. The summed E-state index contributed by atoms with van der Waals surface area (Å²) in [5.74, 6) is -2.47.